The summed E-state index contributed by atoms with van der Waals surface area (Å²) < 4.78 is 34.9. The van der Waals surface area contributed by atoms with Crippen molar-refractivity contribution in [3.05, 3.63) is 71.8 Å². The lowest BCUT2D eigenvalue weighted by Crippen LogP contribution is -2.25. The van der Waals surface area contributed by atoms with Crippen LogP contribution in [-0.2, 0) is 16.6 Å². The molecular formula is C19H17ClN4O3S. The van der Waals surface area contributed by atoms with Crippen molar-refractivity contribution in [3.8, 4) is 17.6 Å². The summed E-state index contributed by atoms with van der Waals surface area (Å²) in [6.45, 7) is 0.989. The van der Waals surface area contributed by atoms with Crippen LogP contribution in [0.25, 0.3) is 0 Å². The second-order valence-electron chi connectivity index (χ2n) is 5.85. The van der Waals surface area contributed by atoms with Crippen LogP contribution in [0, 0.1) is 11.3 Å². The molecule has 28 heavy (non-hydrogen) atoms. The first kappa shape index (κ1) is 19.9. The summed E-state index contributed by atoms with van der Waals surface area (Å²) in [6.07, 6.45) is 5.83. The predicted molar refractivity (Wildman–Crippen MR) is 105 cm³/mol. The smallest absolute Gasteiger partial charge is 0.240 e. The lowest BCUT2D eigenvalue weighted by Gasteiger charge is -2.10. The molecular weight excluding hydrogens is 400 g/mol. The van der Waals surface area contributed by atoms with Gasteiger partial charge >= 0.3 is 0 Å². The maximum absolute atomic E-state index is 12.4. The van der Waals surface area contributed by atoms with Crippen LogP contribution in [0.3, 0.4) is 0 Å². The quantitative estimate of drug-likeness (QED) is 0.566. The Bertz CT molecular complexity index is 1080. The average molecular weight is 417 g/mol. The van der Waals surface area contributed by atoms with Gasteiger partial charge in [0.25, 0.3) is 0 Å². The number of halogens is 1. The molecule has 0 saturated carbocycles. The molecule has 0 unspecified atom stereocenters. The Kier molecular flexibility index (Phi) is 6.31. The van der Waals surface area contributed by atoms with E-state index in [9.17, 15) is 13.7 Å². The molecule has 9 heteroatoms. The zero-order valence-electron chi connectivity index (χ0n) is 14.7. The lowest BCUT2D eigenvalue weighted by atomic mass is 10.2. The van der Waals surface area contributed by atoms with Crippen molar-refractivity contribution in [1.29, 1.82) is 5.26 Å². The molecule has 0 spiro atoms. The Hall–Kier alpha value is -2.86. The van der Waals surface area contributed by atoms with Crippen LogP contribution in [0.15, 0.2) is 66.1 Å². The molecule has 1 heterocycles. The number of imidazole rings is 1. The lowest BCUT2D eigenvalue weighted by molar-refractivity contribution is 0.480. The number of hydrogen-bond donors (Lipinski definition) is 1. The highest BCUT2D eigenvalue weighted by atomic mass is 35.5. The summed E-state index contributed by atoms with van der Waals surface area (Å²) in [5, 5.41) is 9.48. The summed E-state index contributed by atoms with van der Waals surface area (Å²) in [7, 11) is -3.61. The van der Waals surface area contributed by atoms with E-state index < -0.39 is 10.0 Å². The van der Waals surface area contributed by atoms with E-state index in [2.05, 4.69) is 9.71 Å². The molecule has 144 valence electrons. The van der Waals surface area contributed by atoms with Crippen molar-refractivity contribution < 1.29 is 13.2 Å². The molecule has 0 aliphatic carbocycles. The number of rotatable bonds is 8. The summed E-state index contributed by atoms with van der Waals surface area (Å²) in [4.78, 5) is 4.07. The van der Waals surface area contributed by atoms with E-state index in [1.54, 1.807) is 30.7 Å². The van der Waals surface area contributed by atoms with E-state index in [0.29, 0.717) is 36.0 Å². The molecule has 1 N–H and O–H groups in total. The van der Waals surface area contributed by atoms with Gasteiger partial charge in [-0.15, -0.1) is 0 Å². The Balaban J connectivity index is 1.61. The van der Waals surface area contributed by atoms with Crippen LogP contribution in [0.1, 0.15) is 12.0 Å². The van der Waals surface area contributed by atoms with Crippen LogP contribution in [-0.4, -0.2) is 24.5 Å². The van der Waals surface area contributed by atoms with E-state index in [4.69, 9.17) is 16.3 Å². The zero-order valence-corrected chi connectivity index (χ0v) is 16.3. The molecule has 0 bridgehead atoms. The normalized spacial score (nSPS) is 11.1. The minimum atomic E-state index is -3.61. The fraction of sp³-hybridized carbons (Fsp3) is 0.158. The maximum atomic E-state index is 12.4. The summed E-state index contributed by atoms with van der Waals surface area (Å²) >= 11 is 5.98. The van der Waals surface area contributed by atoms with Crippen molar-refractivity contribution >= 4 is 21.6 Å². The van der Waals surface area contributed by atoms with Gasteiger partial charge in [-0.3, -0.25) is 0 Å². The topological polar surface area (TPSA) is 97.0 Å². The first-order valence-electron chi connectivity index (χ1n) is 8.41. The number of nitrogens with zero attached hydrogens (tertiary/aromatic N) is 3. The number of benzene rings is 2. The minimum Gasteiger partial charge on any atom is -0.456 e. The van der Waals surface area contributed by atoms with E-state index in [-0.39, 0.29) is 10.5 Å². The van der Waals surface area contributed by atoms with Gasteiger partial charge in [-0.1, -0.05) is 17.7 Å². The summed E-state index contributed by atoms with van der Waals surface area (Å²) in [5.41, 5.74) is 0.223. The molecule has 1 aromatic heterocycles. The number of ether oxygens (including phenoxy) is 1. The van der Waals surface area contributed by atoms with Gasteiger partial charge in [0.05, 0.1) is 16.2 Å². The summed E-state index contributed by atoms with van der Waals surface area (Å²) in [5.74, 6) is 0.709. The van der Waals surface area contributed by atoms with E-state index in [1.165, 1.54) is 24.3 Å². The fourth-order valence-electron chi connectivity index (χ4n) is 2.48. The second kappa shape index (κ2) is 8.89. The molecule has 3 aromatic rings. The van der Waals surface area contributed by atoms with Gasteiger partial charge in [0, 0.05) is 25.5 Å². The van der Waals surface area contributed by atoms with Crippen molar-refractivity contribution in [2.75, 3.05) is 6.54 Å². The number of aryl methyl sites for hydroxylation is 1. The van der Waals surface area contributed by atoms with Crippen molar-refractivity contribution in [1.82, 2.24) is 14.3 Å². The van der Waals surface area contributed by atoms with Crippen LogP contribution in [0.2, 0.25) is 5.02 Å². The molecule has 0 radical (unpaired) electrons. The SMILES string of the molecule is N#Cc1c(Cl)cccc1Oc1ccc(S(=O)(=O)NCCCn2ccnc2)cc1. The largest absolute Gasteiger partial charge is 0.456 e. The highest BCUT2D eigenvalue weighted by molar-refractivity contribution is 7.89. The Labute approximate surface area is 168 Å². The van der Waals surface area contributed by atoms with Crippen molar-refractivity contribution in [2.45, 2.75) is 17.9 Å². The average Bonchev–Trinajstić information content (AvgIpc) is 3.19. The molecule has 0 saturated heterocycles. The third kappa shape index (κ3) is 4.89. The highest BCUT2D eigenvalue weighted by Gasteiger charge is 2.14. The Morgan fingerprint density at radius 1 is 1.21 bits per heavy atom. The standard InChI is InChI=1S/C19H17ClN4O3S/c20-18-3-1-4-19(17(18)13-21)27-15-5-7-16(8-6-15)28(25,26)23-9-2-11-24-12-10-22-14-24/h1,3-8,10,12,14,23H,2,9,11H2. The number of sulfonamides is 1. The first-order valence-corrected chi connectivity index (χ1v) is 10.3. The third-order valence-corrected chi connectivity index (χ3v) is 5.69. The number of nitrogens with one attached hydrogen (secondary N) is 1. The van der Waals surface area contributed by atoms with Crippen LogP contribution < -0.4 is 9.46 Å². The van der Waals surface area contributed by atoms with Gasteiger partial charge in [0.15, 0.2) is 0 Å². The number of aromatic nitrogens is 2. The van der Waals surface area contributed by atoms with Gasteiger partial charge < -0.3 is 9.30 Å². The van der Waals surface area contributed by atoms with E-state index in [1.807, 2.05) is 16.8 Å². The molecule has 0 aliphatic heterocycles. The van der Waals surface area contributed by atoms with Gasteiger partial charge in [0.2, 0.25) is 10.0 Å². The van der Waals surface area contributed by atoms with Gasteiger partial charge in [0.1, 0.15) is 23.1 Å². The van der Waals surface area contributed by atoms with E-state index >= 15 is 0 Å². The molecule has 0 fully saturated rings. The van der Waals surface area contributed by atoms with E-state index in [0.717, 1.165) is 0 Å². The van der Waals surface area contributed by atoms with Crippen LogP contribution in [0.5, 0.6) is 11.5 Å². The molecule has 0 atom stereocenters. The monoisotopic (exact) mass is 416 g/mol. The van der Waals surface area contributed by atoms with Crippen LogP contribution in [0.4, 0.5) is 0 Å². The van der Waals surface area contributed by atoms with Gasteiger partial charge in [-0.2, -0.15) is 5.26 Å². The van der Waals surface area contributed by atoms with Crippen molar-refractivity contribution in [3.63, 3.8) is 0 Å². The molecule has 0 aliphatic rings. The number of nitriles is 1. The second-order valence-corrected chi connectivity index (χ2v) is 8.02. The third-order valence-electron chi connectivity index (χ3n) is 3.89. The highest BCUT2D eigenvalue weighted by Crippen LogP contribution is 2.30. The van der Waals surface area contributed by atoms with Crippen LogP contribution >= 0.6 is 11.6 Å². The fourth-order valence-corrected chi connectivity index (χ4v) is 3.76. The minimum absolute atomic E-state index is 0.133. The molecule has 2 aromatic carbocycles. The maximum Gasteiger partial charge on any atom is 0.240 e. The molecule has 0 amide bonds. The zero-order chi connectivity index (χ0) is 20.0. The first-order chi connectivity index (χ1) is 13.5. The predicted octanol–water partition coefficient (Wildman–Crippen LogP) is 3.57. The molecule has 7 nitrogen and oxygen atoms in total. The summed E-state index contributed by atoms with van der Waals surface area (Å²) in [6, 6.07) is 12.8. The van der Waals surface area contributed by atoms with Gasteiger partial charge in [-0.25, -0.2) is 18.1 Å². The number of hydrogen-bond acceptors (Lipinski definition) is 5. The molecule has 3 rings (SSSR count). The Morgan fingerprint density at radius 2 is 2.00 bits per heavy atom. The van der Waals surface area contributed by atoms with Gasteiger partial charge in [-0.05, 0) is 42.8 Å². The Morgan fingerprint density at radius 3 is 2.68 bits per heavy atom. The van der Waals surface area contributed by atoms with Crippen molar-refractivity contribution in [2.24, 2.45) is 0 Å².